The molecule has 0 spiro atoms. The molecule has 2 amide bonds. The number of nitrogens with zero attached hydrogens (tertiary/aromatic N) is 1. The molecule has 0 fully saturated rings. The van der Waals surface area contributed by atoms with Crippen molar-refractivity contribution in [3.05, 3.63) is 66.2 Å². The summed E-state index contributed by atoms with van der Waals surface area (Å²) in [6.45, 7) is 2.20. The van der Waals surface area contributed by atoms with E-state index in [1.807, 2.05) is 60.7 Å². The van der Waals surface area contributed by atoms with E-state index in [9.17, 15) is 9.59 Å². The van der Waals surface area contributed by atoms with Gasteiger partial charge >= 0.3 is 0 Å². The second-order valence-electron chi connectivity index (χ2n) is 5.71. The maximum Gasteiger partial charge on any atom is 0.242 e. The normalized spacial score (nSPS) is 11.6. The lowest BCUT2D eigenvalue weighted by molar-refractivity contribution is -0.140. The van der Waals surface area contributed by atoms with E-state index in [2.05, 4.69) is 5.32 Å². The average molecular weight is 356 g/mol. The molecule has 2 aromatic rings. The summed E-state index contributed by atoms with van der Waals surface area (Å²) in [7, 11) is 1.59. The van der Waals surface area contributed by atoms with Gasteiger partial charge in [0.1, 0.15) is 6.04 Å². The molecule has 0 aliphatic carbocycles. The van der Waals surface area contributed by atoms with E-state index < -0.39 is 6.04 Å². The smallest absolute Gasteiger partial charge is 0.242 e. The summed E-state index contributed by atoms with van der Waals surface area (Å²) in [5, 5.41) is 2.63. The van der Waals surface area contributed by atoms with Crippen molar-refractivity contribution < 1.29 is 9.59 Å². The zero-order valence-corrected chi connectivity index (χ0v) is 15.5. The summed E-state index contributed by atoms with van der Waals surface area (Å²) in [6, 6.07) is 19.3. The van der Waals surface area contributed by atoms with Crippen LogP contribution in [-0.4, -0.2) is 35.6 Å². The molecule has 2 aromatic carbocycles. The highest BCUT2D eigenvalue weighted by atomic mass is 32.2. The van der Waals surface area contributed by atoms with E-state index in [0.717, 1.165) is 10.5 Å². The van der Waals surface area contributed by atoms with E-state index in [1.165, 1.54) is 0 Å². The molecule has 4 nitrogen and oxygen atoms in total. The molecule has 0 radical (unpaired) electrons. The molecule has 0 bridgehead atoms. The minimum Gasteiger partial charge on any atom is -0.357 e. The third-order valence-electron chi connectivity index (χ3n) is 3.94. The van der Waals surface area contributed by atoms with Crippen LogP contribution in [0.15, 0.2) is 65.6 Å². The SMILES string of the molecule is CNC(=O)C(C)N(Cc1ccccc1)C(=O)CCSc1ccccc1. The molecule has 5 heteroatoms. The number of carbonyl (C=O) groups is 2. The fraction of sp³-hybridized carbons (Fsp3) is 0.300. The molecule has 0 aliphatic rings. The highest BCUT2D eigenvalue weighted by Crippen LogP contribution is 2.19. The van der Waals surface area contributed by atoms with Gasteiger partial charge in [0.2, 0.25) is 11.8 Å². The van der Waals surface area contributed by atoms with Gasteiger partial charge in [0, 0.05) is 30.7 Å². The van der Waals surface area contributed by atoms with Crippen LogP contribution in [0.25, 0.3) is 0 Å². The number of likely N-dealkylation sites (N-methyl/N-ethyl adjacent to an activating group) is 1. The van der Waals surface area contributed by atoms with Crippen LogP contribution in [0, 0.1) is 0 Å². The average Bonchev–Trinajstić information content (AvgIpc) is 2.66. The number of amides is 2. The van der Waals surface area contributed by atoms with Crippen molar-refractivity contribution in [2.45, 2.75) is 30.8 Å². The number of hydrogen-bond donors (Lipinski definition) is 1. The topological polar surface area (TPSA) is 49.4 Å². The quantitative estimate of drug-likeness (QED) is 0.738. The van der Waals surface area contributed by atoms with Crippen molar-refractivity contribution in [1.29, 1.82) is 0 Å². The van der Waals surface area contributed by atoms with Crippen molar-refractivity contribution in [1.82, 2.24) is 10.2 Å². The molecule has 25 heavy (non-hydrogen) atoms. The lowest BCUT2D eigenvalue weighted by Gasteiger charge is -2.28. The van der Waals surface area contributed by atoms with Gasteiger partial charge in [0.25, 0.3) is 0 Å². The molecular formula is C20H24N2O2S. The first kappa shape index (κ1) is 19.1. The monoisotopic (exact) mass is 356 g/mol. The first-order valence-corrected chi connectivity index (χ1v) is 9.33. The second kappa shape index (κ2) is 9.89. The van der Waals surface area contributed by atoms with Crippen molar-refractivity contribution in [3.63, 3.8) is 0 Å². The lowest BCUT2D eigenvalue weighted by atomic mass is 10.1. The van der Waals surface area contributed by atoms with E-state index >= 15 is 0 Å². The number of benzene rings is 2. The Hall–Kier alpha value is -2.27. The van der Waals surface area contributed by atoms with Gasteiger partial charge in [0.05, 0.1) is 0 Å². The fourth-order valence-electron chi connectivity index (χ4n) is 2.49. The summed E-state index contributed by atoms with van der Waals surface area (Å²) in [5.41, 5.74) is 1.02. The maximum absolute atomic E-state index is 12.7. The number of nitrogens with one attached hydrogen (secondary N) is 1. The summed E-state index contributed by atoms with van der Waals surface area (Å²) < 4.78 is 0. The Bertz CT molecular complexity index is 677. The zero-order valence-electron chi connectivity index (χ0n) is 14.6. The Morgan fingerprint density at radius 2 is 1.64 bits per heavy atom. The molecule has 1 unspecified atom stereocenters. The van der Waals surface area contributed by atoms with Crippen LogP contribution in [0.3, 0.4) is 0 Å². The number of hydrogen-bond acceptors (Lipinski definition) is 3. The van der Waals surface area contributed by atoms with Crippen LogP contribution < -0.4 is 5.32 Å². The van der Waals surface area contributed by atoms with Gasteiger partial charge in [-0.15, -0.1) is 11.8 Å². The predicted octanol–water partition coefficient (Wildman–Crippen LogP) is 3.33. The van der Waals surface area contributed by atoms with E-state index in [4.69, 9.17) is 0 Å². The second-order valence-corrected chi connectivity index (χ2v) is 6.88. The summed E-state index contributed by atoms with van der Waals surface area (Å²) >= 11 is 1.65. The van der Waals surface area contributed by atoms with Gasteiger partial charge in [0.15, 0.2) is 0 Å². The number of thioether (sulfide) groups is 1. The Kier molecular flexibility index (Phi) is 7.54. The van der Waals surface area contributed by atoms with Gasteiger partial charge in [-0.25, -0.2) is 0 Å². The Labute approximate surface area is 153 Å². The van der Waals surface area contributed by atoms with E-state index in [0.29, 0.717) is 18.7 Å². The maximum atomic E-state index is 12.7. The summed E-state index contributed by atoms with van der Waals surface area (Å²) in [4.78, 5) is 27.6. The molecule has 0 aromatic heterocycles. The van der Waals surface area contributed by atoms with Gasteiger partial charge < -0.3 is 10.2 Å². The minimum atomic E-state index is -0.501. The largest absolute Gasteiger partial charge is 0.357 e. The van der Waals surface area contributed by atoms with Crippen LogP contribution in [0.1, 0.15) is 18.9 Å². The van der Waals surface area contributed by atoms with E-state index in [1.54, 1.807) is 30.6 Å². The van der Waals surface area contributed by atoms with Crippen LogP contribution >= 0.6 is 11.8 Å². The fourth-order valence-corrected chi connectivity index (χ4v) is 3.35. The molecule has 0 saturated heterocycles. The first-order valence-electron chi connectivity index (χ1n) is 8.34. The Balaban J connectivity index is 2.00. The van der Waals surface area contributed by atoms with Gasteiger partial charge in [-0.3, -0.25) is 9.59 Å². The standard InChI is InChI=1S/C20H24N2O2S/c1-16(20(24)21-2)22(15-17-9-5-3-6-10-17)19(23)13-14-25-18-11-7-4-8-12-18/h3-12,16H,13-15H2,1-2H3,(H,21,24). The molecule has 0 heterocycles. The minimum absolute atomic E-state index is 0.0108. The highest BCUT2D eigenvalue weighted by Gasteiger charge is 2.25. The van der Waals surface area contributed by atoms with Crippen molar-refractivity contribution in [2.75, 3.05) is 12.8 Å². The van der Waals surface area contributed by atoms with Gasteiger partial charge in [-0.2, -0.15) is 0 Å². The summed E-state index contributed by atoms with van der Waals surface area (Å²) in [6.07, 6.45) is 0.397. The zero-order chi connectivity index (χ0) is 18.1. The number of rotatable bonds is 8. The molecule has 2 rings (SSSR count). The molecule has 132 valence electrons. The van der Waals surface area contributed by atoms with Gasteiger partial charge in [-0.05, 0) is 24.6 Å². The summed E-state index contributed by atoms with van der Waals surface area (Å²) in [5.74, 6) is 0.526. The van der Waals surface area contributed by atoms with Crippen LogP contribution in [0.2, 0.25) is 0 Å². The van der Waals surface area contributed by atoms with Crippen molar-refractivity contribution in [2.24, 2.45) is 0 Å². The highest BCUT2D eigenvalue weighted by molar-refractivity contribution is 7.99. The lowest BCUT2D eigenvalue weighted by Crippen LogP contribution is -2.46. The molecule has 1 N–H and O–H groups in total. The number of carbonyl (C=O) groups excluding carboxylic acids is 2. The van der Waals surface area contributed by atoms with Crippen LogP contribution in [0.5, 0.6) is 0 Å². The van der Waals surface area contributed by atoms with Crippen LogP contribution in [-0.2, 0) is 16.1 Å². The predicted molar refractivity (Wildman–Crippen MR) is 102 cm³/mol. The molecule has 0 saturated carbocycles. The molecular weight excluding hydrogens is 332 g/mol. The molecule has 0 aliphatic heterocycles. The van der Waals surface area contributed by atoms with Crippen molar-refractivity contribution in [3.8, 4) is 0 Å². The Morgan fingerprint density at radius 3 is 2.24 bits per heavy atom. The van der Waals surface area contributed by atoms with Crippen molar-refractivity contribution >= 4 is 23.6 Å². The van der Waals surface area contributed by atoms with Crippen LogP contribution in [0.4, 0.5) is 0 Å². The third kappa shape index (κ3) is 5.94. The third-order valence-corrected chi connectivity index (χ3v) is 4.95. The Morgan fingerprint density at radius 1 is 1.04 bits per heavy atom. The molecule has 1 atom stereocenters. The van der Waals surface area contributed by atoms with E-state index in [-0.39, 0.29) is 11.8 Å². The first-order chi connectivity index (χ1) is 12.1. The van der Waals surface area contributed by atoms with Gasteiger partial charge in [-0.1, -0.05) is 48.5 Å².